The minimum Gasteiger partial charge on any atom is -0.322 e. The summed E-state index contributed by atoms with van der Waals surface area (Å²) >= 11 is 0. The maximum atomic E-state index is 12.1. The van der Waals surface area contributed by atoms with Crippen LogP contribution < -0.4 is 11.1 Å². The van der Waals surface area contributed by atoms with E-state index < -0.39 is 24.7 Å². The lowest BCUT2D eigenvalue weighted by Gasteiger charge is -2.09. The van der Waals surface area contributed by atoms with Crippen LogP contribution in [0.2, 0.25) is 0 Å². The minimum atomic E-state index is -4.34. The molecule has 18 heavy (non-hydrogen) atoms. The summed E-state index contributed by atoms with van der Waals surface area (Å²) in [7, 11) is 0. The maximum Gasteiger partial charge on any atom is 0.408 e. The molecule has 5 nitrogen and oxygen atoms in total. The van der Waals surface area contributed by atoms with E-state index >= 15 is 0 Å². The smallest absolute Gasteiger partial charge is 0.322 e. The molecule has 1 unspecified atom stereocenters. The fourth-order valence-electron chi connectivity index (χ4n) is 1.38. The van der Waals surface area contributed by atoms with Crippen LogP contribution >= 0.6 is 0 Å². The molecule has 1 rings (SSSR count). The van der Waals surface area contributed by atoms with E-state index in [1.807, 2.05) is 6.92 Å². The first-order chi connectivity index (χ1) is 8.31. The van der Waals surface area contributed by atoms with Gasteiger partial charge in [0.25, 0.3) is 0 Å². The molecule has 1 aromatic rings. The Kier molecular flexibility index (Phi) is 4.71. The molecule has 8 heteroatoms. The van der Waals surface area contributed by atoms with Gasteiger partial charge >= 0.3 is 6.18 Å². The van der Waals surface area contributed by atoms with Crippen LogP contribution in [0.3, 0.4) is 0 Å². The summed E-state index contributed by atoms with van der Waals surface area (Å²) in [4.78, 5) is 11.5. The van der Waals surface area contributed by atoms with Gasteiger partial charge in [-0.25, -0.2) is 0 Å². The van der Waals surface area contributed by atoms with E-state index in [-0.39, 0.29) is 5.69 Å². The quantitative estimate of drug-likeness (QED) is 0.846. The molecule has 0 aliphatic rings. The van der Waals surface area contributed by atoms with E-state index in [1.165, 1.54) is 0 Å². The zero-order valence-electron chi connectivity index (χ0n) is 9.87. The van der Waals surface area contributed by atoms with Gasteiger partial charge in [0.05, 0.1) is 17.9 Å². The molecule has 0 bridgehead atoms. The number of nitrogens with two attached hydrogens (primary N) is 1. The number of carbonyl (C=O) groups is 1. The number of carbonyl (C=O) groups excluding carboxylic acids is 1. The van der Waals surface area contributed by atoms with Gasteiger partial charge in [-0.05, 0) is 6.42 Å². The Hall–Kier alpha value is -1.57. The zero-order chi connectivity index (χ0) is 13.8. The number of amides is 1. The average molecular weight is 264 g/mol. The van der Waals surface area contributed by atoms with Gasteiger partial charge in [-0.15, -0.1) is 0 Å². The van der Waals surface area contributed by atoms with E-state index in [1.54, 1.807) is 0 Å². The summed E-state index contributed by atoms with van der Waals surface area (Å²) in [5.41, 5.74) is 5.77. The van der Waals surface area contributed by atoms with Crippen LogP contribution in [0.25, 0.3) is 0 Å². The van der Waals surface area contributed by atoms with Crippen molar-refractivity contribution in [1.82, 2.24) is 9.78 Å². The lowest BCUT2D eigenvalue weighted by molar-refractivity contribution is -0.142. The van der Waals surface area contributed by atoms with Crippen molar-refractivity contribution in [3.8, 4) is 0 Å². The highest BCUT2D eigenvalue weighted by molar-refractivity contribution is 5.94. The zero-order valence-corrected chi connectivity index (χ0v) is 9.87. The van der Waals surface area contributed by atoms with Crippen molar-refractivity contribution >= 4 is 11.6 Å². The third-order valence-electron chi connectivity index (χ3n) is 2.18. The van der Waals surface area contributed by atoms with Crippen molar-refractivity contribution in [1.29, 1.82) is 0 Å². The Morgan fingerprint density at radius 1 is 1.61 bits per heavy atom. The van der Waals surface area contributed by atoms with Crippen molar-refractivity contribution in [2.45, 2.75) is 38.5 Å². The Labute approximate surface area is 102 Å². The number of hydrogen-bond donors (Lipinski definition) is 2. The van der Waals surface area contributed by atoms with Gasteiger partial charge in [0, 0.05) is 6.20 Å². The van der Waals surface area contributed by atoms with Crippen LogP contribution in [-0.4, -0.2) is 27.9 Å². The van der Waals surface area contributed by atoms with Crippen LogP contribution in [0.5, 0.6) is 0 Å². The summed E-state index contributed by atoms with van der Waals surface area (Å²) in [5.74, 6) is -0.427. The number of aromatic nitrogens is 2. The predicted molar refractivity (Wildman–Crippen MR) is 59.8 cm³/mol. The summed E-state index contributed by atoms with van der Waals surface area (Å²) in [6.45, 7) is 0.693. The normalized spacial score (nSPS) is 13.4. The predicted octanol–water partition coefficient (Wildman–Crippen LogP) is 1.51. The maximum absolute atomic E-state index is 12.1. The molecule has 0 aliphatic carbocycles. The second-order valence-electron chi connectivity index (χ2n) is 3.93. The minimum absolute atomic E-state index is 0.204. The molecule has 0 aromatic carbocycles. The van der Waals surface area contributed by atoms with Gasteiger partial charge in [0.1, 0.15) is 6.54 Å². The van der Waals surface area contributed by atoms with E-state index in [9.17, 15) is 18.0 Å². The number of anilines is 1. The Morgan fingerprint density at radius 2 is 2.28 bits per heavy atom. The Morgan fingerprint density at radius 3 is 2.83 bits per heavy atom. The fourth-order valence-corrected chi connectivity index (χ4v) is 1.38. The molecule has 102 valence electrons. The molecule has 1 aromatic heterocycles. The van der Waals surface area contributed by atoms with Crippen molar-refractivity contribution < 1.29 is 18.0 Å². The van der Waals surface area contributed by atoms with Gasteiger partial charge in [-0.1, -0.05) is 13.3 Å². The molecule has 0 aliphatic heterocycles. The SMILES string of the molecule is CCCC(N)C(=O)Nc1cnn(CC(F)(F)F)c1. The number of halogens is 3. The molecule has 3 N–H and O–H groups in total. The summed E-state index contributed by atoms with van der Waals surface area (Å²) in [6, 6.07) is -0.666. The topological polar surface area (TPSA) is 72.9 Å². The van der Waals surface area contributed by atoms with Crippen molar-refractivity contribution in [3.63, 3.8) is 0 Å². The molecule has 1 atom stereocenters. The highest BCUT2D eigenvalue weighted by Crippen LogP contribution is 2.18. The third-order valence-corrected chi connectivity index (χ3v) is 2.18. The second-order valence-corrected chi connectivity index (χ2v) is 3.93. The Bertz CT molecular complexity index is 402. The van der Waals surface area contributed by atoms with Crippen molar-refractivity contribution in [3.05, 3.63) is 12.4 Å². The van der Waals surface area contributed by atoms with E-state index in [0.717, 1.165) is 18.8 Å². The molecule has 0 radical (unpaired) electrons. The molecular weight excluding hydrogens is 249 g/mol. The number of nitrogens with one attached hydrogen (secondary N) is 1. The number of hydrogen-bond acceptors (Lipinski definition) is 3. The van der Waals surface area contributed by atoms with Crippen LogP contribution in [0.4, 0.5) is 18.9 Å². The van der Waals surface area contributed by atoms with Gasteiger partial charge in [-0.2, -0.15) is 18.3 Å². The number of nitrogens with zero attached hydrogens (tertiary/aromatic N) is 2. The van der Waals surface area contributed by atoms with E-state index in [2.05, 4.69) is 10.4 Å². The molecule has 0 fully saturated rings. The molecular formula is C10H15F3N4O. The highest BCUT2D eigenvalue weighted by atomic mass is 19.4. The summed E-state index contributed by atoms with van der Waals surface area (Å²) in [6.07, 6.45) is -0.803. The van der Waals surface area contributed by atoms with Gasteiger partial charge in [0.15, 0.2) is 0 Å². The van der Waals surface area contributed by atoms with Crippen molar-refractivity contribution in [2.75, 3.05) is 5.32 Å². The standard InChI is InChI=1S/C10H15F3N4O/c1-2-3-8(14)9(18)16-7-4-15-17(5-7)6-10(11,12)13/h4-5,8H,2-3,6,14H2,1H3,(H,16,18). The van der Waals surface area contributed by atoms with Crippen LogP contribution in [0.15, 0.2) is 12.4 Å². The van der Waals surface area contributed by atoms with E-state index in [4.69, 9.17) is 5.73 Å². The Balaban J connectivity index is 2.56. The largest absolute Gasteiger partial charge is 0.408 e. The highest BCUT2D eigenvalue weighted by Gasteiger charge is 2.28. The molecule has 1 amide bonds. The first kappa shape index (κ1) is 14.5. The number of alkyl halides is 3. The summed E-state index contributed by atoms with van der Waals surface area (Å²) in [5, 5.41) is 5.92. The van der Waals surface area contributed by atoms with Gasteiger partial charge < -0.3 is 11.1 Å². The third kappa shape index (κ3) is 4.74. The lowest BCUT2D eigenvalue weighted by atomic mass is 10.2. The lowest BCUT2D eigenvalue weighted by Crippen LogP contribution is -2.35. The number of rotatable bonds is 5. The molecule has 0 saturated heterocycles. The first-order valence-electron chi connectivity index (χ1n) is 5.47. The van der Waals surface area contributed by atoms with Crippen LogP contribution in [0, 0.1) is 0 Å². The first-order valence-corrected chi connectivity index (χ1v) is 5.47. The van der Waals surface area contributed by atoms with Crippen LogP contribution in [0.1, 0.15) is 19.8 Å². The van der Waals surface area contributed by atoms with Gasteiger partial charge in [0.2, 0.25) is 5.91 Å². The molecule has 1 heterocycles. The van der Waals surface area contributed by atoms with E-state index in [0.29, 0.717) is 11.1 Å². The monoisotopic (exact) mass is 264 g/mol. The van der Waals surface area contributed by atoms with Gasteiger partial charge in [-0.3, -0.25) is 9.48 Å². The fraction of sp³-hybridized carbons (Fsp3) is 0.600. The molecule has 0 spiro atoms. The van der Waals surface area contributed by atoms with Crippen LogP contribution in [-0.2, 0) is 11.3 Å². The average Bonchev–Trinajstić information content (AvgIpc) is 2.63. The second kappa shape index (κ2) is 5.85. The molecule has 0 saturated carbocycles. The summed E-state index contributed by atoms with van der Waals surface area (Å²) < 4.78 is 36.9. The van der Waals surface area contributed by atoms with Crippen molar-refractivity contribution in [2.24, 2.45) is 5.73 Å².